The van der Waals surface area contributed by atoms with Crippen molar-refractivity contribution in [3.8, 4) is 0 Å². The molecule has 1 nitrogen and oxygen atoms in total. The molecule has 0 radical (unpaired) electrons. The van der Waals surface area contributed by atoms with Crippen LogP contribution in [0, 0.1) is 0 Å². The summed E-state index contributed by atoms with van der Waals surface area (Å²) in [5.41, 5.74) is 0. The summed E-state index contributed by atoms with van der Waals surface area (Å²) in [6, 6.07) is 5.01. The largest absolute Gasteiger partial charge is 0.350 e. The van der Waals surface area contributed by atoms with Crippen molar-refractivity contribution in [3.05, 3.63) is 24.5 Å². The van der Waals surface area contributed by atoms with E-state index in [2.05, 4.69) is 35.3 Å². The van der Waals surface area contributed by atoms with Gasteiger partial charge in [0.15, 0.2) is 0 Å². The zero-order valence-electron chi connectivity index (χ0n) is 8.15. The minimum atomic E-state index is 0.749. The summed E-state index contributed by atoms with van der Waals surface area (Å²) in [6.45, 7) is 0. The molecule has 0 N–H and O–H groups in total. The first-order valence-electron chi connectivity index (χ1n) is 5.07. The van der Waals surface area contributed by atoms with Crippen molar-refractivity contribution in [1.82, 2.24) is 4.57 Å². The Morgan fingerprint density at radius 2 is 1.85 bits per heavy atom. The molecule has 0 amide bonds. The van der Waals surface area contributed by atoms with Crippen LogP contribution in [0.2, 0.25) is 0 Å². The van der Waals surface area contributed by atoms with Gasteiger partial charge in [0.05, 0.1) is 0 Å². The smallest absolute Gasteiger partial charge is 0.0449 e. The van der Waals surface area contributed by atoms with E-state index in [1.165, 1.54) is 25.7 Å². The summed E-state index contributed by atoms with van der Waals surface area (Å²) in [4.78, 5) is 0. The van der Waals surface area contributed by atoms with Gasteiger partial charge in [-0.25, -0.2) is 0 Å². The SMILES string of the molecule is CSC1CCCCC1n1cccc1. The molecule has 2 heteroatoms. The Labute approximate surface area is 84.5 Å². The summed E-state index contributed by atoms with van der Waals surface area (Å²) in [6.07, 6.45) is 12.2. The van der Waals surface area contributed by atoms with E-state index in [4.69, 9.17) is 0 Å². The molecule has 1 heterocycles. The van der Waals surface area contributed by atoms with E-state index in [0.29, 0.717) is 0 Å². The van der Waals surface area contributed by atoms with Gasteiger partial charge in [-0.15, -0.1) is 0 Å². The van der Waals surface area contributed by atoms with E-state index in [0.717, 1.165) is 11.3 Å². The molecule has 1 aromatic heterocycles. The fourth-order valence-corrected chi connectivity index (χ4v) is 3.26. The first-order valence-corrected chi connectivity index (χ1v) is 6.36. The Morgan fingerprint density at radius 3 is 2.54 bits per heavy atom. The summed E-state index contributed by atoms with van der Waals surface area (Å²) in [7, 11) is 0. The number of aromatic nitrogens is 1. The van der Waals surface area contributed by atoms with E-state index < -0.39 is 0 Å². The van der Waals surface area contributed by atoms with Gasteiger partial charge in [-0.1, -0.05) is 12.8 Å². The van der Waals surface area contributed by atoms with Gasteiger partial charge in [0.2, 0.25) is 0 Å². The predicted molar refractivity (Wildman–Crippen MR) is 59.2 cm³/mol. The Hall–Kier alpha value is -0.370. The van der Waals surface area contributed by atoms with E-state index in [1.807, 2.05) is 11.8 Å². The molecule has 1 saturated carbocycles. The van der Waals surface area contributed by atoms with Crippen molar-refractivity contribution in [2.75, 3.05) is 6.26 Å². The van der Waals surface area contributed by atoms with Crippen LogP contribution >= 0.6 is 11.8 Å². The lowest BCUT2D eigenvalue weighted by atomic mass is 9.95. The molecule has 1 aliphatic carbocycles. The third-order valence-corrected chi connectivity index (χ3v) is 4.14. The summed E-state index contributed by atoms with van der Waals surface area (Å²) < 4.78 is 2.39. The monoisotopic (exact) mass is 195 g/mol. The molecule has 2 unspecified atom stereocenters. The van der Waals surface area contributed by atoms with Crippen LogP contribution in [0.25, 0.3) is 0 Å². The number of thioether (sulfide) groups is 1. The molecule has 0 saturated heterocycles. The number of nitrogens with zero attached hydrogens (tertiary/aromatic N) is 1. The second-order valence-electron chi connectivity index (χ2n) is 3.76. The highest BCUT2D eigenvalue weighted by Crippen LogP contribution is 2.35. The molecule has 0 bridgehead atoms. The summed E-state index contributed by atoms with van der Waals surface area (Å²) in [5, 5.41) is 0.834. The highest BCUT2D eigenvalue weighted by molar-refractivity contribution is 7.99. The van der Waals surface area contributed by atoms with Crippen LogP contribution in [0.4, 0.5) is 0 Å². The van der Waals surface area contributed by atoms with Crippen LogP contribution in [-0.2, 0) is 0 Å². The lowest BCUT2D eigenvalue weighted by Gasteiger charge is -2.31. The Bertz CT molecular complexity index is 243. The predicted octanol–water partition coefficient (Wildman–Crippen LogP) is 3.33. The van der Waals surface area contributed by atoms with Crippen molar-refractivity contribution >= 4 is 11.8 Å². The highest BCUT2D eigenvalue weighted by Gasteiger charge is 2.24. The molecule has 1 aliphatic rings. The average Bonchev–Trinajstić information content (AvgIpc) is 2.70. The molecule has 2 rings (SSSR count). The lowest BCUT2D eigenvalue weighted by molar-refractivity contribution is 0.365. The lowest BCUT2D eigenvalue weighted by Crippen LogP contribution is -2.24. The van der Waals surface area contributed by atoms with Crippen molar-refractivity contribution in [2.24, 2.45) is 0 Å². The van der Waals surface area contributed by atoms with Gasteiger partial charge in [0, 0.05) is 23.7 Å². The molecular weight excluding hydrogens is 178 g/mol. The zero-order chi connectivity index (χ0) is 9.10. The number of hydrogen-bond donors (Lipinski definition) is 0. The maximum Gasteiger partial charge on any atom is 0.0449 e. The van der Waals surface area contributed by atoms with Crippen molar-refractivity contribution in [2.45, 2.75) is 37.0 Å². The Kier molecular flexibility index (Phi) is 2.99. The first-order chi connectivity index (χ1) is 6.42. The molecule has 0 aromatic carbocycles. The van der Waals surface area contributed by atoms with Crippen LogP contribution in [0.1, 0.15) is 31.7 Å². The first kappa shape index (κ1) is 9.20. The van der Waals surface area contributed by atoms with E-state index in [1.54, 1.807) is 0 Å². The summed E-state index contributed by atoms with van der Waals surface area (Å²) >= 11 is 2.03. The molecule has 72 valence electrons. The van der Waals surface area contributed by atoms with Gasteiger partial charge in [-0.2, -0.15) is 11.8 Å². The maximum atomic E-state index is 2.39. The van der Waals surface area contributed by atoms with Gasteiger partial charge in [0.25, 0.3) is 0 Å². The minimum absolute atomic E-state index is 0.749. The van der Waals surface area contributed by atoms with Gasteiger partial charge in [0.1, 0.15) is 0 Å². The molecule has 1 aromatic rings. The van der Waals surface area contributed by atoms with Crippen molar-refractivity contribution in [3.63, 3.8) is 0 Å². The van der Waals surface area contributed by atoms with Gasteiger partial charge < -0.3 is 4.57 Å². The highest BCUT2D eigenvalue weighted by atomic mass is 32.2. The van der Waals surface area contributed by atoms with Gasteiger partial charge in [-0.05, 0) is 31.2 Å². The van der Waals surface area contributed by atoms with Crippen LogP contribution in [0.5, 0.6) is 0 Å². The van der Waals surface area contributed by atoms with Crippen molar-refractivity contribution in [1.29, 1.82) is 0 Å². The molecule has 0 spiro atoms. The van der Waals surface area contributed by atoms with Crippen LogP contribution < -0.4 is 0 Å². The van der Waals surface area contributed by atoms with Gasteiger partial charge in [-0.3, -0.25) is 0 Å². The van der Waals surface area contributed by atoms with Crippen LogP contribution in [-0.4, -0.2) is 16.1 Å². The standard InChI is InChI=1S/C11H17NS/c1-13-11-7-3-2-6-10(11)12-8-4-5-9-12/h4-5,8-11H,2-3,6-7H2,1H3. The van der Waals surface area contributed by atoms with Crippen LogP contribution in [0.3, 0.4) is 0 Å². The second-order valence-corrected chi connectivity index (χ2v) is 4.83. The third-order valence-electron chi connectivity index (χ3n) is 2.98. The Morgan fingerprint density at radius 1 is 1.15 bits per heavy atom. The quantitative estimate of drug-likeness (QED) is 0.700. The number of rotatable bonds is 2. The fourth-order valence-electron chi connectivity index (χ4n) is 2.26. The molecular formula is C11H17NS. The van der Waals surface area contributed by atoms with Crippen LogP contribution in [0.15, 0.2) is 24.5 Å². The number of hydrogen-bond acceptors (Lipinski definition) is 1. The molecule has 13 heavy (non-hydrogen) atoms. The second kappa shape index (κ2) is 4.23. The van der Waals surface area contributed by atoms with E-state index in [-0.39, 0.29) is 0 Å². The summed E-state index contributed by atoms with van der Waals surface area (Å²) in [5.74, 6) is 0. The fraction of sp³-hybridized carbons (Fsp3) is 0.636. The zero-order valence-corrected chi connectivity index (χ0v) is 8.96. The Balaban J connectivity index is 2.11. The third kappa shape index (κ3) is 1.93. The molecule has 2 atom stereocenters. The van der Waals surface area contributed by atoms with Gasteiger partial charge >= 0.3 is 0 Å². The maximum absolute atomic E-state index is 2.39. The molecule has 1 fully saturated rings. The average molecular weight is 195 g/mol. The van der Waals surface area contributed by atoms with Crippen molar-refractivity contribution < 1.29 is 0 Å². The minimum Gasteiger partial charge on any atom is -0.350 e. The topological polar surface area (TPSA) is 4.93 Å². The normalized spacial score (nSPS) is 29.0. The van der Waals surface area contributed by atoms with E-state index >= 15 is 0 Å². The molecule has 0 aliphatic heterocycles. The van der Waals surface area contributed by atoms with E-state index in [9.17, 15) is 0 Å².